The van der Waals surface area contributed by atoms with Gasteiger partial charge in [0.25, 0.3) is 0 Å². The van der Waals surface area contributed by atoms with Gasteiger partial charge in [0, 0.05) is 12.8 Å². The second kappa shape index (κ2) is 8.64. The summed E-state index contributed by atoms with van der Waals surface area (Å²) >= 11 is 0. The van der Waals surface area contributed by atoms with Crippen molar-refractivity contribution in [2.75, 3.05) is 13.2 Å². The number of nitrogens with zero attached hydrogens (tertiary/aromatic N) is 2. The predicted octanol–water partition coefficient (Wildman–Crippen LogP) is 3.09. The summed E-state index contributed by atoms with van der Waals surface area (Å²) in [6, 6.07) is 0. The Bertz CT molecular complexity index is 435. The number of aromatic nitrogens is 2. The summed E-state index contributed by atoms with van der Waals surface area (Å²) in [6.07, 6.45) is 3.89. The van der Waals surface area contributed by atoms with Crippen LogP contribution in [0.5, 0.6) is 0 Å². The predicted molar refractivity (Wildman–Crippen MR) is 76.6 cm³/mol. The van der Waals surface area contributed by atoms with Crippen molar-refractivity contribution >= 4 is 5.97 Å². The summed E-state index contributed by atoms with van der Waals surface area (Å²) < 4.78 is 10.7. The lowest BCUT2D eigenvalue weighted by Crippen LogP contribution is -2.15. The fraction of sp³-hybridized carbons (Fsp3) is 0.667. The van der Waals surface area contributed by atoms with Gasteiger partial charge in [-0.25, -0.2) is 14.8 Å². The summed E-state index contributed by atoms with van der Waals surface area (Å²) in [4.78, 5) is 20.7. The molecular formula is C15H24N2O3. The Morgan fingerprint density at radius 2 is 2.00 bits per heavy atom. The fourth-order valence-corrected chi connectivity index (χ4v) is 1.97. The molecule has 0 saturated carbocycles. The maximum atomic E-state index is 11.9. The molecule has 0 aromatic carbocycles. The Morgan fingerprint density at radius 3 is 2.55 bits per heavy atom. The van der Waals surface area contributed by atoms with Crippen LogP contribution in [0.25, 0.3) is 0 Å². The van der Waals surface area contributed by atoms with Gasteiger partial charge in [-0.3, -0.25) is 0 Å². The number of aryl methyl sites for hydroxylation is 1. The van der Waals surface area contributed by atoms with Crippen LogP contribution in [0.3, 0.4) is 0 Å². The number of esters is 1. The van der Waals surface area contributed by atoms with Crippen LogP contribution in [0.1, 0.15) is 68.5 Å². The van der Waals surface area contributed by atoms with Crippen molar-refractivity contribution in [3.63, 3.8) is 0 Å². The van der Waals surface area contributed by atoms with Gasteiger partial charge in [-0.1, -0.05) is 20.3 Å². The summed E-state index contributed by atoms with van der Waals surface area (Å²) in [5.74, 6) is 0.290. The highest BCUT2D eigenvalue weighted by Crippen LogP contribution is 2.19. The standard InChI is InChI=1S/C15H24N2O3/c1-5-9-12-11(15(18)20-8-4)10-16-14(17-12)13(6-2)19-7-3/h10,13H,5-9H2,1-4H3. The van der Waals surface area contributed by atoms with E-state index in [0.717, 1.165) is 25.0 Å². The second-order valence-electron chi connectivity index (χ2n) is 4.41. The largest absolute Gasteiger partial charge is 0.462 e. The van der Waals surface area contributed by atoms with Crippen LogP contribution in [0.4, 0.5) is 0 Å². The summed E-state index contributed by atoms with van der Waals surface area (Å²) in [5, 5.41) is 0. The minimum Gasteiger partial charge on any atom is -0.462 e. The summed E-state index contributed by atoms with van der Waals surface area (Å²) in [6.45, 7) is 8.78. The number of carbonyl (C=O) groups excluding carboxylic acids is 1. The monoisotopic (exact) mass is 280 g/mol. The third-order valence-electron chi connectivity index (χ3n) is 2.90. The first-order valence-corrected chi connectivity index (χ1v) is 7.32. The van der Waals surface area contributed by atoms with Crippen molar-refractivity contribution in [2.24, 2.45) is 0 Å². The molecule has 112 valence electrons. The first kappa shape index (κ1) is 16.6. The Labute approximate surface area is 120 Å². The van der Waals surface area contributed by atoms with Crippen molar-refractivity contribution in [2.45, 2.75) is 53.1 Å². The highest BCUT2D eigenvalue weighted by atomic mass is 16.5. The van der Waals surface area contributed by atoms with E-state index in [1.807, 2.05) is 13.8 Å². The van der Waals surface area contributed by atoms with Crippen molar-refractivity contribution < 1.29 is 14.3 Å². The number of ether oxygens (including phenoxy) is 2. The second-order valence-corrected chi connectivity index (χ2v) is 4.41. The van der Waals surface area contributed by atoms with Gasteiger partial charge in [0.2, 0.25) is 0 Å². The van der Waals surface area contributed by atoms with E-state index in [4.69, 9.17) is 9.47 Å². The topological polar surface area (TPSA) is 61.3 Å². The van der Waals surface area contributed by atoms with Crippen LogP contribution in [0.15, 0.2) is 6.20 Å². The van der Waals surface area contributed by atoms with Gasteiger partial charge in [-0.15, -0.1) is 0 Å². The zero-order valence-corrected chi connectivity index (χ0v) is 12.8. The minimum absolute atomic E-state index is 0.119. The number of hydrogen-bond acceptors (Lipinski definition) is 5. The first-order valence-electron chi connectivity index (χ1n) is 7.32. The first-order chi connectivity index (χ1) is 9.67. The van der Waals surface area contributed by atoms with E-state index in [9.17, 15) is 4.79 Å². The van der Waals surface area contributed by atoms with Crippen LogP contribution < -0.4 is 0 Å². The van der Waals surface area contributed by atoms with Gasteiger partial charge in [-0.05, 0) is 26.7 Å². The number of rotatable bonds is 8. The van der Waals surface area contributed by atoms with Crippen molar-refractivity contribution in [1.29, 1.82) is 0 Å². The van der Waals surface area contributed by atoms with E-state index in [1.165, 1.54) is 0 Å². The van der Waals surface area contributed by atoms with Gasteiger partial charge in [-0.2, -0.15) is 0 Å². The molecular weight excluding hydrogens is 256 g/mol. The summed E-state index contributed by atoms with van der Waals surface area (Å²) in [5.41, 5.74) is 1.21. The third-order valence-corrected chi connectivity index (χ3v) is 2.90. The normalized spacial score (nSPS) is 12.2. The summed E-state index contributed by atoms with van der Waals surface area (Å²) in [7, 11) is 0. The molecule has 0 bridgehead atoms. The van der Waals surface area contributed by atoms with Crippen molar-refractivity contribution in [3.8, 4) is 0 Å². The molecule has 1 aromatic heterocycles. The van der Waals surface area contributed by atoms with Gasteiger partial charge < -0.3 is 9.47 Å². The molecule has 0 radical (unpaired) electrons. The molecule has 1 unspecified atom stereocenters. The molecule has 1 aromatic rings. The lowest BCUT2D eigenvalue weighted by molar-refractivity contribution is 0.0504. The molecule has 0 spiro atoms. The Balaban J connectivity index is 3.07. The van der Waals surface area contributed by atoms with Crippen molar-refractivity contribution in [3.05, 3.63) is 23.3 Å². The van der Waals surface area contributed by atoms with E-state index >= 15 is 0 Å². The number of hydrogen-bond donors (Lipinski definition) is 0. The quantitative estimate of drug-likeness (QED) is 0.685. The smallest absolute Gasteiger partial charge is 0.341 e. The Morgan fingerprint density at radius 1 is 1.25 bits per heavy atom. The molecule has 1 heterocycles. The minimum atomic E-state index is -0.355. The molecule has 0 saturated heterocycles. The van der Waals surface area contributed by atoms with E-state index in [0.29, 0.717) is 24.6 Å². The van der Waals surface area contributed by atoms with Crippen LogP contribution in [0.2, 0.25) is 0 Å². The van der Waals surface area contributed by atoms with Crippen LogP contribution in [-0.2, 0) is 15.9 Å². The average Bonchev–Trinajstić information content (AvgIpc) is 2.45. The number of carbonyl (C=O) groups is 1. The molecule has 5 heteroatoms. The molecule has 0 aliphatic rings. The molecule has 1 atom stereocenters. The lowest BCUT2D eigenvalue weighted by atomic mass is 10.1. The maximum absolute atomic E-state index is 11.9. The van der Waals surface area contributed by atoms with Gasteiger partial charge in [0.1, 0.15) is 6.10 Å². The van der Waals surface area contributed by atoms with Gasteiger partial charge >= 0.3 is 5.97 Å². The van der Waals surface area contributed by atoms with Crippen LogP contribution >= 0.6 is 0 Å². The van der Waals surface area contributed by atoms with Crippen LogP contribution in [0, 0.1) is 0 Å². The van der Waals surface area contributed by atoms with Crippen molar-refractivity contribution in [1.82, 2.24) is 9.97 Å². The highest BCUT2D eigenvalue weighted by molar-refractivity contribution is 5.90. The van der Waals surface area contributed by atoms with E-state index < -0.39 is 0 Å². The fourth-order valence-electron chi connectivity index (χ4n) is 1.97. The zero-order chi connectivity index (χ0) is 15.0. The van der Waals surface area contributed by atoms with Gasteiger partial charge in [0.15, 0.2) is 5.82 Å². The Kier molecular flexibility index (Phi) is 7.15. The lowest BCUT2D eigenvalue weighted by Gasteiger charge is -2.15. The van der Waals surface area contributed by atoms with Crippen LogP contribution in [-0.4, -0.2) is 29.2 Å². The van der Waals surface area contributed by atoms with E-state index in [-0.39, 0.29) is 12.1 Å². The molecule has 1 rings (SSSR count). The molecule has 20 heavy (non-hydrogen) atoms. The molecule has 0 fully saturated rings. The average molecular weight is 280 g/mol. The molecule has 5 nitrogen and oxygen atoms in total. The molecule has 0 amide bonds. The SMILES string of the molecule is CCCc1nc(C(CC)OCC)ncc1C(=O)OCC. The molecule has 0 aliphatic carbocycles. The maximum Gasteiger partial charge on any atom is 0.341 e. The molecule has 0 aliphatic heterocycles. The zero-order valence-electron chi connectivity index (χ0n) is 12.8. The van der Waals surface area contributed by atoms with E-state index in [1.54, 1.807) is 13.1 Å². The third kappa shape index (κ3) is 4.27. The van der Waals surface area contributed by atoms with Gasteiger partial charge in [0.05, 0.1) is 17.9 Å². The van der Waals surface area contributed by atoms with E-state index in [2.05, 4.69) is 16.9 Å². The highest BCUT2D eigenvalue weighted by Gasteiger charge is 2.19. The molecule has 0 N–H and O–H groups in total. The Hall–Kier alpha value is -1.49.